The van der Waals surface area contributed by atoms with Crippen molar-refractivity contribution in [3.63, 3.8) is 0 Å². The molecule has 0 heterocycles. The fourth-order valence-electron chi connectivity index (χ4n) is 2.32. The summed E-state index contributed by atoms with van der Waals surface area (Å²) in [5.41, 5.74) is 1.47. The number of ether oxygens (including phenoxy) is 2. The van der Waals surface area contributed by atoms with Crippen molar-refractivity contribution in [2.45, 2.75) is 32.4 Å². The fourth-order valence-corrected chi connectivity index (χ4v) is 2.44. The minimum absolute atomic E-state index is 0.0479. The van der Waals surface area contributed by atoms with Crippen LogP contribution in [-0.4, -0.2) is 18.6 Å². The zero-order valence-corrected chi connectivity index (χ0v) is 14.3. The predicted molar refractivity (Wildman–Crippen MR) is 93.9 cm³/mol. The van der Waals surface area contributed by atoms with Gasteiger partial charge in [0, 0.05) is 22.2 Å². The van der Waals surface area contributed by atoms with Gasteiger partial charge in [-0.1, -0.05) is 11.6 Å². The third-order valence-corrected chi connectivity index (χ3v) is 4.00. The van der Waals surface area contributed by atoms with Crippen LogP contribution in [0.5, 0.6) is 11.5 Å². The second-order valence-electron chi connectivity index (χ2n) is 5.75. The number of amides is 1. The topological polar surface area (TPSA) is 47.6 Å². The van der Waals surface area contributed by atoms with Gasteiger partial charge in [0.1, 0.15) is 18.1 Å². The second kappa shape index (κ2) is 7.58. The Kier molecular flexibility index (Phi) is 5.26. The van der Waals surface area contributed by atoms with Gasteiger partial charge in [-0.05, 0) is 62.2 Å². The smallest absolute Gasteiger partial charge is 0.251 e. The summed E-state index contributed by atoms with van der Waals surface area (Å²) in [6.45, 7) is 2.81. The van der Waals surface area contributed by atoms with Crippen molar-refractivity contribution >= 4 is 17.5 Å². The largest absolute Gasteiger partial charge is 0.493 e. The first kappa shape index (κ1) is 16.7. The van der Waals surface area contributed by atoms with Gasteiger partial charge in [-0.25, -0.2) is 0 Å². The van der Waals surface area contributed by atoms with Crippen LogP contribution in [0.15, 0.2) is 42.5 Å². The minimum atomic E-state index is -0.0479. The quantitative estimate of drug-likeness (QED) is 0.817. The van der Waals surface area contributed by atoms with Crippen LogP contribution in [0.2, 0.25) is 5.02 Å². The summed E-state index contributed by atoms with van der Waals surface area (Å²) in [5, 5.41) is 3.66. The lowest BCUT2D eigenvalue weighted by Crippen LogP contribution is -2.25. The zero-order chi connectivity index (χ0) is 16.9. The molecule has 1 fully saturated rings. The molecule has 24 heavy (non-hydrogen) atoms. The highest BCUT2D eigenvalue weighted by Crippen LogP contribution is 2.25. The summed E-state index contributed by atoms with van der Waals surface area (Å²) in [6, 6.07) is 13.0. The molecule has 4 nitrogen and oxygen atoms in total. The molecular weight excluding hydrogens is 326 g/mol. The Morgan fingerprint density at radius 2 is 1.92 bits per heavy atom. The molecule has 0 aliphatic heterocycles. The lowest BCUT2D eigenvalue weighted by Gasteiger charge is -2.13. The Labute approximate surface area is 146 Å². The number of halogens is 1. The van der Waals surface area contributed by atoms with E-state index in [1.165, 1.54) is 0 Å². The molecule has 5 heteroatoms. The summed E-state index contributed by atoms with van der Waals surface area (Å²) < 4.78 is 11.4. The van der Waals surface area contributed by atoms with E-state index in [1.807, 2.05) is 31.2 Å². The maximum atomic E-state index is 12.2. The molecule has 1 aliphatic carbocycles. The van der Waals surface area contributed by atoms with Crippen LogP contribution < -0.4 is 14.8 Å². The highest BCUT2D eigenvalue weighted by molar-refractivity contribution is 6.30. The summed E-state index contributed by atoms with van der Waals surface area (Å²) >= 11 is 5.88. The highest BCUT2D eigenvalue weighted by atomic mass is 35.5. The Balaban J connectivity index is 1.74. The van der Waals surface area contributed by atoms with Crippen molar-refractivity contribution in [3.05, 3.63) is 58.6 Å². The number of benzene rings is 2. The highest BCUT2D eigenvalue weighted by Gasteiger charge is 2.24. The Morgan fingerprint density at radius 3 is 2.58 bits per heavy atom. The van der Waals surface area contributed by atoms with Gasteiger partial charge in [-0.3, -0.25) is 4.79 Å². The number of carbonyl (C=O) groups is 1. The zero-order valence-electron chi connectivity index (χ0n) is 13.5. The van der Waals surface area contributed by atoms with E-state index in [0.717, 1.165) is 29.9 Å². The van der Waals surface area contributed by atoms with Gasteiger partial charge in [-0.15, -0.1) is 0 Å². The maximum Gasteiger partial charge on any atom is 0.251 e. The van der Waals surface area contributed by atoms with Crippen molar-refractivity contribution in [1.29, 1.82) is 0 Å². The van der Waals surface area contributed by atoms with Gasteiger partial charge in [0.05, 0.1) is 6.61 Å². The van der Waals surface area contributed by atoms with Crippen molar-refractivity contribution in [1.82, 2.24) is 5.32 Å². The van der Waals surface area contributed by atoms with Gasteiger partial charge < -0.3 is 14.8 Å². The van der Waals surface area contributed by atoms with Gasteiger partial charge in [0.25, 0.3) is 5.91 Å². The molecule has 0 unspecified atom stereocenters. The van der Waals surface area contributed by atoms with Crippen molar-refractivity contribution in [2.24, 2.45) is 0 Å². The Morgan fingerprint density at radius 1 is 1.17 bits per heavy atom. The number of rotatable bonds is 7. The average Bonchev–Trinajstić information content (AvgIpc) is 3.39. The summed E-state index contributed by atoms with van der Waals surface area (Å²) in [7, 11) is 0. The molecule has 0 spiro atoms. The molecule has 1 aliphatic rings. The van der Waals surface area contributed by atoms with Crippen LogP contribution in [0.4, 0.5) is 0 Å². The lowest BCUT2D eigenvalue weighted by molar-refractivity contribution is 0.0951. The van der Waals surface area contributed by atoms with E-state index >= 15 is 0 Å². The van der Waals surface area contributed by atoms with Gasteiger partial charge in [-0.2, -0.15) is 0 Å². The summed E-state index contributed by atoms with van der Waals surface area (Å²) in [4.78, 5) is 12.2. The first-order chi connectivity index (χ1) is 11.7. The minimum Gasteiger partial charge on any atom is -0.493 e. The van der Waals surface area contributed by atoms with E-state index in [4.69, 9.17) is 21.1 Å². The number of hydrogen-bond acceptors (Lipinski definition) is 3. The molecule has 0 atom stereocenters. The molecule has 0 radical (unpaired) electrons. The van der Waals surface area contributed by atoms with Crippen molar-refractivity contribution < 1.29 is 14.3 Å². The van der Waals surface area contributed by atoms with Gasteiger partial charge in [0.2, 0.25) is 0 Å². The van der Waals surface area contributed by atoms with E-state index in [9.17, 15) is 4.79 Å². The lowest BCUT2D eigenvalue weighted by atomic mass is 10.1. The van der Waals surface area contributed by atoms with E-state index in [0.29, 0.717) is 29.8 Å². The van der Waals surface area contributed by atoms with Crippen LogP contribution in [0.1, 0.15) is 35.7 Å². The molecule has 1 N–H and O–H groups in total. The molecular formula is C19H20ClNO3. The summed E-state index contributed by atoms with van der Waals surface area (Å²) in [6.07, 6.45) is 2.13. The van der Waals surface area contributed by atoms with E-state index in [1.54, 1.807) is 18.2 Å². The molecule has 3 rings (SSSR count). The third-order valence-electron chi connectivity index (χ3n) is 3.74. The van der Waals surface area contributed by atoms with Crippen LogP contribution in [-0.2, 0) is 6.61 Å². The average molecular weight is 346 g/mol. The number of carbonyl (C=O) groups excluding carboxylic acids is 1. The standard InChI is InChI=1S/C19H20ClNO3/c1-2-23-18-10-3-13(19(22)21-16-6-7-16)11-14(18)12-24-17-8-4-15(20)5-9-17/h3-5,8-11,16H,2,6-7,12H2,1H3,(H,21,22). The molecule has 0 aromatic heterocycles. The second-order valence-corrected chi connectivity index (χ2v) is 6.18. The molecule has 2 aromatic carbocycles. The third kappa shape index (κ3) is 4.42. The van der Waals surface area contributed by atoms with Gasteiger partial charge >= 0.3 is 0 Å². The maximum absolute atomic E-state index is 12.2. The molecule has 1 saturated carbocycles. The number of hydrogen-bond donors (Lipinski definition) is 1. The monoisotopic (exact) mass is 345 g/mol. The number of nitrogens with one attached hydrogen (secondary N) is 1. The van der Waals surface area contributed by atoms with Crippen LogP contribution in [0.3, 0.4) is 0 Å². The van der Waals surface area contributed by atoms with E-state index < -0.39 is 0 Å². The van der Waals surface area contributed by atoms with Crippen LogP contribution >= 0.6 is 11.6 Å². The van der Waals surface area contributed by atoms with E-state index in [2.05, 4.69) is 5.32 Å². The Hall–Kier alpha value is -2.20. The first-order valence-corrected chi connectivity index (χ1v) is 8.48. The molecule has 0 saturated heterocycles. The van der Waals surface area contributed by atoms with E-state index in [-0.39, 0.29) is 5.91 Å². The normalized spacial score (nSPS) is 13.4. The molecule has 0 bridgehead atoms. The van der Waals surface area contributed by atoms with Crippen molar-refractivity contribution in [2.75, 3.05) is 6.61 Å². The van der Waals surface area contributed by atoms with Gasteiger partial charge in [0.15, 0.2) is 0 Å². The molecule has 126 valence electrons. The first-order valence-electron chi connectivity index (χ1n) is 8.10. The Bertz CT molecular complexity index is 711. The predicted octanol–water partition coefficient (Wildman–Crippen LogP) is 4.21. The molecule has 2 aromatic rings. The van der Waals surface area contributed by atoms with Crippen molar-refractivity contribution in [3.8, 4) is 11.5 Å². The van der Waals surface area contributed by atoms with Crippen LogP contribution in [0, 0.1) is 0 Å². The molecule has 1 amide bonds. The summed E-state index contributed by atoms with van der Waals surface area (Å²) in [5.74, 6) is 1.40. The SMILES string of the molecule is CCOc1ccc(C(=O)NC2CC2)cc1COc1ccc(Cl)cc1. The van der Waals surface area contributed by atoms with Crippen LogP contribution in [0.25, 0.3) is 0 Å². The fraction of sp³-hybridized carbons (Fsp3) is 0.316.